The highest BCUT2D eigenvalue weighted by Crippen LogP contribution is 2.10. The van der Waals surface area contributed by atoms with Crippen molar-refractivity contribution in [3.05, 3.63) is 36.7 Å². The van der Waals surface area contributed by atoms with Gasteiger partial charge in [-0.05, 0) is 12.1 Å². The zero-order valence-electron chi connectivity index (χ0n) is 11.4. The summed E-state index contributed by atoms with van der Waals surface area (Å²) in [5.74, 6) is -0.192. The molecule has 0 saturated carbocycles. The molecule has 3 aromatic rings. The van der Waals surface area contributed by atoms with Crippen molar-refractivity contribution in [3.63, 3.8) is 0 Å². The van der Waals surface area contributed by atoms with Gasteiger partial charge in [0.15, 0.2) is 0 Å². The molecule has 8 nitrogen and oxygen atoms in total. The molecular weight excluding hydrogens is 272 g/mol. The molecule has 108 valence electrons. The van der Waals surface area contributed by atoms with Crippen LogP contribution in [0, 0.1) is 0 Å². The van der Waals surface area contributed by atoms with E-state index in [1.165, 1.54) is 0 Å². The van der Waals surface area contributed by atoms with Crippen LogP contribution in [-0.4, -0.2) is 37.8 Å². The minimum atomic E-state index is -0.192. The number of hydrogen-bond acceptors (Lipinski definition) is 5. The fourth-order valence-corrected chi connectivity index (χ4v) is 2.00. The van der Waals surface area contributed by atoms with Crippen LogP contribution in [0.5, 0.6) is 0 Å². The maximum atomic E-state index is 12.0. The molecule has 0 fully saturated rings. The van der Waals surface area contributed by atoms with Crippen LogP contribution in [0.15, 0.2) is 36.7 Å². The topological polar surface area (TPSA) is 86.9 Å². The van der Waals surface area contributed by atoms with Crippen LogP contribution < -0.4 is 5.32 Å². The highest BCUT2D eigenvalue weighted by atomic mass is 16.5. The number of benzene rings is 1. The summed E-state index contributed by atoms with van der Waals surface area (Å²) < 4.78 is 8.09. The summed E-state index contributed by atoms with van der Waals surface area (Å²) in [4.78, 5) is 12.0. The number of nitrogens with zero attached hydrogens (tertiary/aromatic N) is 5. The Morgan fingerprint density at radius 2 is 2.24 bits per heavy atom. The van der Waals surface area contributed by atoms with E-state index in [0.29, 0.717) is 12.4 Å². The minimum Gasteiger partial charge on any atom is -0.362 e. The lowest BCUT2D eigenvalue weighted by Crippen LogP contribution is -2.19. The van der Waals surface area contributed by atoms with Gasteiger partial charge in [0.2, 0.25) is 5.91 Å². The van der Waals surface area contributed by atoms with Crippen molar-refractivity contribution in [1.82, 2.24) is 24.8 Å². The number of amides is 1. The molecule has 0 radical (unpaired) electrons. The molecule has 0 saturated heterocycles. The molecule has 0 atom stereocenters. The Bertz CT molecular complexity index is 763. The van der Waals surface area contributed by atoms with E-state index in [1.54, 1.807) is 28.9 Å². The third-order valence-electron chi connectivity index (χ3n) is 2.89. The quantitative estimate of drug-likeness (QED) is 0.752. The lowest BCUT2D eigenvalue weighted by Gasteiger charge is -2.03. The van der Waals surface area contributed by atoms with Crippen molar-refractivity contribution in [2.45, 2.75) is 13.3 Å². The molecule has 3 rings (SSSR count). The van der Waals surface area contributed by atoms with E-state index in [-0.39, 0.29) is 12.5 Å². The first-order valence-corrected chi connectivity index (χ1v) is 6.36. The van der Waals surface area contributed by atoms with E-state index >= 15 is 0 Å². The van der Waals surface area contributed by atoms with E-state index in [0.717, 1.165) is 11.0 Å². The largest absolute Gasteiger partial charge is 0.362 e. The molecule has 0 bridgehead atoms. The first-order valence-electron chi connectivity index (χ1n) is 6.36. The number of carbonyl (C=O) groups is 1. The third kappa shape index (κ3) is 2.90. The van der Waals surface area contributed by atoms with E-state index in [1.807, 2.05) is 24.3 Å². The standard InChI is InChI=1S/C13H14N6O2/c1-21-9-18-7-10(6-14-18)15-13(20)8-19-12-5-3-2-4-11(12)16-17-19/h2-7H,8-9H2,1H3,(H,15,20). The number of aromatic nitrogens is 5. The number of hydrogen-bond donors (Lipinski definition) is 1. The van der Waals surface area contributed by atoms with Crippen LogP contribution in [0.4, 0.5) is 5.69 Å². The van der Waals surface area contributed by atoms with Gasteiger partial charge >= 0.3 is 0 Å². The lowest BCUT2D eigenvalue weighted by molar-refractivity contribution is -0.116. The van der Waals surface area contributed by atoms with Crippen molar-refractivity contribution in [1.29, 1.82) is 0 Å². The number of para-hydroxylation sites is 1. The molecular formula is C13H14N6O2. The normalized spacial score (nSPS) is 10.9. The van der Waals surface area contributed by atoms with Crippen molar-refractivity contribution in [3.8, 4) is 0 Å². The molecule has 21 heavy (non-hydrogen) atoms. The van der Waals surface area contributed by atoms with E-state index in [2.05, 4.69) is 20.7 Å². The molecule has 0 aliphatic rings. The first kappa shape index (κ1) is 13.3. The van der Waals surface area contributed by atoms with Crippen molar-refractivity contribution < 1.29 is 9.53 Å². The molecule has 0 aliphatic carbocycles. The van der Waals surface area contributed by atoms with Crippen LogP contribution in [-0.2, 0) is 22.8 Å². The van der Waals surface area contributed by atoms with Gasteiger partial charge < -0.3 is 10.1 Å². The highest BCUT2D eigenvalue weighted by molar-refractivity contribution is 5.91. The Kier molecular flexibility index (Phi) is 3.61. The lowest BCUT2D eigenvalue weighted by atomic mass is 10.3. The zero-order chi connectivity index (χ0) is 14.7. The molecule has 2 aromatic heterocycles. The van der Waals surface area contributed by atoms with Crippen LogP contribution in [0.3, 0.4) is 0 Å². The summed E-state index contributed by atoms with van der Waals surface area (Å²) in [6, 6.07) is 7.49. The van der Waals surface area contributed by atoms with E-state index in [4.69, 9.17) is 4.74 Å². The van der Waals surface area contributed by atoms with E-state index in [9.17, 15) is 4.79 Å². The molecule has 2 heterocycles. The second kappa shape index (κ2) is 5.71. The predicted molar refractivity (Wildman–Crippen MR) is 75.4 cm³/mol. The van der Waals surface area contributed by atoms with Gasteiger partial charge in [0.25, 0.3) is 0 Å². The molecule has 1 amide bonds. The van der Waals surface area contributed by atoms with Gasteiger partial charge in [-0.15, -0.1) is 5.10 Å². The van der Waals surface area contributed by atoms with Gasteiger partial charge in [0.05, 0.1) is 23.6 Å². The van der Waals surface area contributed by atoms with Crippen molar-refractivity contribution in [2.24, 2.45) is 0 Å². The van der Waals surface area contributed by atoms with Crippen molar-refractivity contribution >= 4 is 22.6 Å². The smallest absolute Gasteiger partial charge is 0.246 e. The summed E-state index contributed by atoms with van der Waals surface area (Å²) in [6.07, 6.45) is 3.26. The summed E-state index contributed by atoms with van der Waals surface area (Å²) in [6.45, 7) is 0.430. The van der Waals surface area contributed by atoms with Crippen LogP contribution in [0.25, 0.3) is 11.0 Å². The molecule has 0 aliphatic heterocycles. The number of fused-ring (bicyclic) bond motifs is 1. The van der Waals surface area contributed by atoms with Gasteiger partial charge in [-0.1, -0.05) is 17.3 Å². The molecule has 0 unspecified atom stereocenters. The summed E-state index contributed by atoms with van der Waals surface area (Å²) in [5.41, 5.74) is 2.20. The first-order chi connectivity index (χ1) is 10.3. The second-order valence-corrected chi connectivity index (χ2v) is 4.47. The Balaban J connectivity index is 1.68. The third-order valence-corrected chi connectivity index (χ3v) is 2.89. The Morgan fingerprint density at radius 1 is 1.38 bits per heavy atom. The number of nitrogens with one attached hydrogen (secondary N) is 1. The fourth-order valence-electron chi connectivity index (χ4n) is 2.00. The van der Waals surface area contributed by atoms with Gasteiger partial charge in [-0.2, -0.15) is 5.10 Å². The molecule has 1 aromatic carbocycles. The van der Waals surface area contributed by atoms with Crippen molar-refractivity contribution in [2.75, 3.05) is 12.4 Å². The minimum absolute atomic E-state index is 0.0932. The molecule has 1 N–H and O–H groups in total. The maximum Gasteiger partial charge on any atom is 0.246 e. The Labute approximate surface area is 120 Å². The monoisotopic (exact) mass is 286 g/mol. The number of anilines is 1. The number of rotatable bonds is 5. The fraction of sp³-hybridized carbons (Fsp3) is 0.231. The number of ether oxygens (including phenoxy) is 1. The van der Waals surface area contributed by atoms with Crippen LogP contribution >= 0.6 is 0 Å². The summed E-state index contributed by atoms with van der Waals surface area (Å²) in [7, 11) is 1.58. The molecule has 8 heteroatoms. The van der Waals surface area contributed by atoms with E-state index < -0.39 is 0 Å². The molecule has 0 spiro atoms. The second-order valence-electron chi connectivity index (χ2n) is 4.47. The Hall–Kier alpha value is -2.74. The summed E-state index contributed by atoms with van der Waals surface area (Å²) in [5, 5.41) is 14.8. The SMILES string of the molecule is COCn1cc(NC(=O)Cn2nnc3ccccc32)cn1. The Morgan fingerprint density at radius 3 is 3.10 bits per heavy atom. The van der Waals surface area contributed by atoms with Gasteiger partial charge in [0, 0.05) is 7.11 Å². The number of methoxy groups -OCH3 is 1. The average molecular weight is 286 g/mol. The van der Waals surface area contributed by atoms with Crippen LogP contribution in [0.2, 0.25) is 0 Å². The number of carbonyl (C=O) groups excluding carboxylic acids is 1. The van der Waals surface area contributed by atoms with Gasteiger partial charge in [0.1, 0.15) is 18.8 Å². The zero-order valence-corrected chi connectivity index (χ0v) is 11.4. The highest BCUT2D eigenvalue weighted by Gasteiger charge is 2.09. The maximum absolute atomic E-state index is 12.0. The van der Waals surface area contributed by atoms with Crippen LogP contribution in [0.1, 0.15) is 0 Å². The van der Waals surface area contributed by atoms with Gasteiger partial charge in [-0.25, -0.2) is 9.36 Å². The predicted octanol–water partition coefficient (Wildman–Crippen LogP) is 0.870. The summed E-state index contributed by atoms with van der Waals surface area (Å²) >= 11 is 0. The average Bonchev–Trinajstić information content (AvgIpc) is 3.07. The van der Waals surface area contributed by atoms with Gasteiger partial charge in [-0.3, -0.25) is 4.79 Å².